The molecule has 0 atom stereocenters. The van der Waals surface area contributed by atoms with E-state index in [1.165, 1.54) is 6.66 Å². The van der Waals surface area contributed by atoms with Crippen LogP contribution in [-0.4, -0.2) is 17.9 Å². The maximum atomic E-state index is 11.4. The van der Waals surface area contributed by atoms with Crippen molar-refractivity contribution in [3.05, 3.63) is 0 Å². The molecule has 0 aromatic carbocycles. The van der Waals surface area contributed by atoms with Crippen molar-refractivity contribution in [2.24, 2.45) is 0 Å². The van der Waals surface area contributed by atoms with Crippen molar-refractivity contribution in [2.45, 2.75) is 38.9 Å². The fourth-order valence-electron chi connectivity index (χ4n) is 1.07. The Bertz CT molecular complexity index is 200. The van der Waals surface area contributed by atoms with Crippen LogP contribution in [0.25, 0.3) is 0 Å². The van der Waals surface area contributed by atoms with Crippen LogP contribution >= 0.6 is 7.60 Å². The van der Waals surface area contributed by atoms with Crippen molar-refractivity contribution in [2.75, 3.05) is 6.66 Å². The van der Waals surface area contributed by atoms with Crippen LogP contribution < -0.4 is 0 Å². The van der Waals surface area contributed by atoms with Crippen LogP contribution in [0.2, 0.25) is 0 Å². The molecule has 0 aliphatic carbocycles. The average molecular weight is 178 g/mol. The van der Waals surface area contributed by atoms with Gasteiger partial charge in [-0.25, -0.2) is 0 Å². The first-order chi connectivity index (χ1) is 4.66. The van der Waals surface area contributed by atoms with E-state index in [2.05, 4.69) is 0 Å². The molecule has 11 heavy (non-hydrogen) atoms. The molecule has 1 fully saturated rings. The highest BCUT2D eigenvalue weighted by molar-refractivity contribution is 7.53. The Hall–Kier alpha value is 0.150. The molecule has 1 heterocycles. The molecule has 0 radical (unpaired) electrons. The Labute approximate surface area is 67.6 Å². The summed E-state index contributed by atoms with van der Waals surface area (Å²) in [6, 6.07) is 0. The minimum Gasteiger partial charge on any atom is -0.300 e. The first kappa shape index (κ1) is 9.24. The normalized spacial score (nSPS) is 32.1. The van der Waals surface area contributed by atoms with Crippen molar-refractivity contribution < 1.29 is 13.6 Å². The van der Waals surface area contributed by atoms with Gasteiger partial charge in [-0.2, -0.15) is 0 Å². The summed E-state index contributed by atoms with van der Waals surface area (Å²) in [5.74, 6) is 0. The monoisotopic (exact) mass is 178 g/mol. The zero-order chi connectivity index (χ0) is 8.91. The maximum absolute atomic E-state index is 11.4. The predicted octanol–water partition coefficient (Wildman–Crippen LogP) is 2.41. The average Bonchev–Trinajstić information content (AvgIpc) is 1.66. The summed E-state index contributed by atoms with van der Waals surface area (Å²) < 4.78 is 22.0. The van der Waals surface area contributed by atoms with Crippen LogP contribution in [0.15, 0.2) is 0 Å². The molecular formula is C7H15O3P. The second-order valence-corrected chi connectivity index (χ2v) is 5.88. The molecule has 0 bridgehead atoms. The van der Waals surface area contributed by atoms with Crippen LogP contribution in [0.4, 0.5) is 0 Å². The zero-order valence-electron chi connectivity index (χ0n) is 7.67. The molecular weight excluding hydrogens is 163 g/mol. The summed E-state index contributed by atoms with van der Waals surface area (Å²) in [5.41, 5.74) is -0.922. The van der Waals surface area contributed by atoms with Gasteiger partial charge in [0.05, 0.1) is 0 Å². The summed E-state index contributed by atoms with van der Waals surface area (Å²) in [5, 5.41) is 0. The molecule has 0 N–H and O–H groups in total. The van der Waals surface area contributed by atoms with Gasteiger partial charge in [0.15, 0.2) is 0 Å². The van der Waals surface area contributed by atoms with Crippen LogP contribution in [0.3, 0.4) is 0 Å². The third-order valence-corrected chi connectivity index (χ3v) is 3.81. The van der Waals surface area contributed by atoms with Crippen LogP contribution in [0.5, 0.6) is 0 Å². The van der Waals surface area contributed by atoms with Gasteiger partial charge in [-0.05, 0) is 27.7 Å². The molecule has 0 unspecified atom stereocenters. The number of rotatable bonds is 0. The van der Waals surface area contributed by atoms with Gasteiger partial charge in [-0.15, -0.1) is 0 Å². The second kappa shape index (κ2) is 2.09. The fourth-order valence-corrected chi connectivity index (χ4v) is 3.20. The lowest BCUT2D eigenvalue weighted by Gasteiger charge is -2.29. The summed E-state index contributed by atoms with van der Waals surface area (Å²) in [6.07, 6.45) is 0. The Morgan fingerprint density at radius 1 is 1.00 bits per heavy atom. The molecule has 0 saturated carbocycles. The molecule has 3 nitrogen and oxygen atoms in total. The van der Waals surface area contributed by atoms with E-state index >= 15 is 0 Å². The lowest BCUT2D eigenvalue weighted by Crippen LogP contribution is -2.41. The molecule has 1 rings (SSSR count). The molecule has 4 heteroatoms. The van der Waals surface area contributed by atoms with Crippen molar-refractivity contribution in [3.63, 3.8) is 0 Å². The summed E-state index contributed by atoms with van der Waals surface area (Å²) in [4.78, 5) is 0. The third-order valence-electron chi connectivity index (χ3n) is 2.24. The number of hydrogen-bond donors (Lipinski definition) is 0. The van der Waals surface area contributed by atoms with Gasteiger partial charge in [-0.1, -0.05) is 0 Å². The van der Waals surface area contributed by atoms with Gasteiger partial charge >= 0.3 is 7.60 Å². The smallest absolute Gasteiger partial charge is 0.300 e. The summed E-state index contributed by atoms with van der Waals surface area (Å²) in [7, 11) is -2.79. The Balaban J connectivity index is 2.98. The highest BCUT2D eigenvalue weighted by Crippen LogP contribution is 2.61. The van der Waals surface area contributed by atoms with Gasteiger partial charge < -0.3 is 0 Å². The highest BCUT2D eigenvalue weighted by atomic mass is 31.2. The minimum absolute atomic E-state index is 0.461. The van der Waals surface area contributed by atoms with Gasteiger partial charge in [0, 0.05) is 6.66 Å². The minimum atomic E-state index is -2.79. The SMILES string of the molecule is CC1(C)OP(C)(=O)OC1(C)C. The Morgan fingerprint density at radius 3 is 1.36 bits per heavy atom. The van der Waals surface area contributed by atoms with Crippen molar-refractivity contribution in [1.29, 1.82) is 0 Å². The van der Waals surface area contributed by atoms with E-state index in [9.17, 15) is 4.57 Å². The van der Waals surface area contributed by atoms with Crippen LogP contribution in [0.1, 0.15) is 27.7 Å². The van der Waals surface area contributed by atoms with Crippen LogP contribution in [-0.2, 0) is 13.6 Å². The highest BCUT2D eigenvalue weighted by Gasteiger charge is 2.53. The quantitative estimate of drug-likeness (QED) is 0.534. The topological polar surface area (TPSA) is 35.5 Å². The van der Waals surface area contributed by atoms with Crippen molar-refractivity contribution >= 4 is 7.60 Å². The van der Waals surface area contributed by atoms with Gasteiger partial charge in [0.25, 0.3) is 0 Å². The molecule has 0 aromatic heterocycles. The summed E-state index contributed by atoms with van der Waals surface area (Å²) in [6.45, 7) is 9.04. The van der Waals surface area contributed by atoms with E-state index in [1.54, 1.807) is 0 Å². The van der Waals surface area contributed by atoms with Crippen molar-refractivity contribution in [3.8, 4) is 0 Å². The van der Waals surface area contributed by atoms with Crippen molar-refractivity contribution in [1.82, 2.24) is 0 Å². The van der Waals surface area contributed by atoms with Gasteiger partial charge in [0.1, 0.15) is 11.2 Å². The van der Waals surface area contributed by atoms with Gasteiger partial charge in [0.2, 0.25) is 0 Å². The second-order valence-electron chi connectivity index (χ2n) is 3.97. The Kier molecular flexibility index (Phi) is 1.76. The van der Waals surface area contributed by atoms with Crippen LogP contribution in [0, 0.1) is 0 Å². The molecule has 0 spiro atoms. The molecule has 1 aliphatic rings. The largest absolute Gasteiger partial charge is 0.328 e. The molecule has 66 valence electrons. The van der Waals surface area contributed by atoms with E-state index in [1.807, 2.05) is 27.7 Å². The zero-order valence-corrected chi connectivity index (χ0v) is 8.57. The fraction of sp³-hybridized carbons (Fsp3) is 1.00. The van der Waals surface area contributed by atoms with E-state index in [0.29, 0.717) is 0 Å². The Morgan fingerprint density at radius 2 is 1.27 bits per heavy atom. The first-order valence-corrected chi connectivity index (χ1v) is 5.64. The lowest BCUT2D eigenvalue weighted by atomic mass is 9.90. The number of hydrogen-bond acceptors (Lipinski definition) is 3. The predicted molar refractivity (Wildman–Crippen MR) is 43.9 cm³/mol. The van der Waals surface area contributed by atoms with E-state index < -0.39 is 18.8 Å². The van der Waals surface area contributed by atoms with E-state index in [-0.39, 0.29) is 0 Å². The third kappa shape index (κ3) is 1.51. The molecule has 1 saturated heterocycles. The van der Waals surface area contributed by atoms with E-state index in [0.717, 1.165) is 0 Å². The lowest BCUT2D eigenvalue weighted by molar-refractivity contribution is 0.00578. The first-order valence-electron chi connectivity index (χ1n) is 3.65. The maximum Gasteiger partial charge on any atom is 0.328 e. The molecule has 1 aliphatic heterocycles. The van der Waals surface area contributed by atoms with Gasteiger partial charge in [-0.3, -0.25) is 13.6 Å². The van der Waals surface area contributed by atoms with E-state index in [4.69, 9.17) is 9.05 Å². The molecule has 0 aromatic rings. The standard InChI is InChI=1S/C7H15O3P/c1-6(2)7(3,4)10-11(5,8)9-6/h1-5H3. The summed E-state index contributed by atoms with van der Waals surface area (Å²) >= 11 is 0. The molecule has 0 amide bonds.